The zero-order valence-corrected chi connectivity index (χ0v) is 14.1. The van der Waals surface area contributed by atoms with Gasteiger partial charge in [-0.05, 0) is 24.7 Å². The number of hydrogen-bond acceptors (Lipinski definition) is 4. The molecule has 0 aliphatic heterocycles. The van der Waals surface area contributed by atoms with E-state index in [0.717, 1.165) is 36.9 Å². The van der Waals surface area contributed by atoms with Crippen molar-refractivity contribution in [2.24, 2.45) is 0 Å². The molecule has 21 heavy (non-hydrogen) atoms. The maximum Gasteiger partial charge on any atom is 0.0795 e. The Balaban J connectivity index is 2.07. The Hall–Kier alpha value is -0.940. The van der Waals surface area contributed by atoms with Crippen molar-refractivity contribution < 1.29 is 0 Å². The molecule has 2 aromatic rings. The molecular weight excluding hydrogens is 302 g/mol. The molecule has 0 bridgehead atoms. The van der Waals surface area contributed by atoms with Gasteiger partial charge in [-0.1, -0.05) is 43.6 Å². The van der Waals surface area contributed by atoms with Crippen molar-refractivity contribution in [1.29, 1.82) is 0 Å². The molecule has 1 N–H and O–H groups in total. The lowest BCUT2D eigenvalue weighted by molar-refractivity contribution is 0.213. The van der Waals surface area contributed by atoms with Gasteiger partial charge in [0, 0.05) is 29.5 Å². The van der Waals surface area contributed by atoms with E-state index >= 15 is 0 Å². The summed E-state index contributed by atoms with van der Waals surface area (Å²) < 4.78 is 0. The van der Waals surface area contributed by atoms with Gasteiger partial charge in [-0.25, -0.2) is 4.98 Å². The molecule has 1 aromatic carbocycles. The maximum absolute atomic E-state index is 6.39. The standard InChI is InChI=1S/C16H22ClN3S/c1-3-20(4-2)16(14-7-5-6-8-15(14)17)10-18-9-13-11-21-12-19-13/h5-8,11-12,16,18H,3-4,9-10H2,1-2H3. The number of likely N-dealkylation sites (N-methyl/N-ethyl adjacent to an activating group) is 1. The number of nitrogens with zero attached hydrogens (tertiary/aromatic N) is 2. The summed E-state index contributed by atoms with van der Waals surface area (Å²) in [5.74, 6) is 0. The molecule has 1 unspecified atom stereocenters. The van der Waals surface area contributed by atoms with Gasteiger partial charge in [-0.2, -0.15) is 0 Å². The van der Waals surface area contributed by atoms with Gasteiger partial charge in [0.1, 0.15) is 0 Å². The second-order valence-corrected chi connectivity index (χ2v) is 6.00. The first-order valence-electron chi connectivity index (χ1n) is 7.32. The number of nitrogens with one attached hydrogen (secondary N) is 1. The Labute approximate surface area is 136 Å². The second kappa shape index (κ2) is 8.49. The summed E-state index contributed by atoms with van der Waals surface area (Å²) in [5.41, 5.74) is 4.15. The molecule has 5 heteroatoms. The molecule has 2 rings (SSSR count). The van der Waals surface area contributed by atoms with E-state index in [2.05, 4.69) is 46.6 Å². The lowest BCUT2D eigenvalue weighted by Gasteiger charge is -2.31. The van der Waals surface area contributed by atoms with Crippen molar-refractivity contribution in [2.45, 2.75) is 26.4 Å². The van der Waals surface area contributed by atoms with Crippen LogP contribution >= 0.6 is 22.9 Å². The number of aromatic nitrogens is 1. The molecule has 0 amide bonds. The maximum atomic E-state index is 6.39. The third-order valence-corrected chi connectivity index (χ3v) is 4.62. The number of hydrogen-bond donors (Lipinski definition) is 1. The van der Waals surface area contributed by atoms with E-state index in [9.17, 15) is 0 Å². The van der Waals surface area contributed by atoms with Crippen molar-refractivity contribution in [3.63, 3.8) is 0 Å². The van der Waals surface area contributed by atoms with Crippen molar-refractivity contribution in [1.82, 2.24) is 15.2 Å². The number of rotatable bonds is 8. The fourth-order valence-electron chi connectivity index (χ4n) is 2.51. The molecule has 1 heterocycles. The van der Waals surface area contributed by atoms with Gasteiger partial charge >= 0.3 is 0 Å². The third kappa shape index (κ3) is 4.51. The lowest BCUT2D eigenvalue weighted by atomic mass is 10.0. The highest BCUT2D eigenvalue weighted by molar-refractivity contribution is 7.07. The quantitative estimate of drug-likeness (QED) is 0.796. The van der Waals surface area contributed by atoms with Crippen LogP contribution in [0.15, 0.2) is 35.2 Å². The van der Waals surface area contributed by atoms with E-state index in [1.165, 1.54) is 5.56 Å². The first-order valence-corrected chi connectivity index (χ1v) is 8.64. The molecule has 0 radical (unpaired) electrons. The van der Waals surface area contributed by atoms with Crippen LogP contribution in [0.5, 0.6) is 0 Å². The minimum atomic E-state index is 0.285. The van der Waals surface area contributed by atoms with E-state index in [1.807, 2.05) is 17.6 Å². The van der Waals surface area contributed by atoms with E-state index in [0.29, 0.717) is 0 Å². The normalized spacial score (nSPS) is 12.8. The SMILES string of the molecule is CCN(CC)C(CNCc1cscn1)c1ccccc1Cl. The molecule has 1 atom stereocenters. The Kier molecular flexibility index (Phi) is 6.64. The van der Waals surface area contributed by atoms with Crippen molar-refractivity contribution in [2.75, 3.05) is 19.6 Å². The van der Waals surface area contributed by atoms with E-state index in [-0.39, 0.29) is 6.04 Å². The Morgan fingerprint density at radius 1 is 1.29 bits per heavy atom. The van der Waals surface area contributed by atoms with Crippen molar-refractivity contribution in [3.05, 3.63) is 51.4 Å². The Bertz CT molecular complexity index is 526. The van der Waals surface area contributed by atoms with Crippen LogP contribution < -0.4 is 5.32 Å². The molecule has 1 aromatic heterocycles. The van der Waals surface area contributed by atoms with Crippen LogP contribution in [0.4, 0.5) is 0 Å². The molecule has 0 aliphatic carbocycles. The number of halogens is 1. The average Bonchev–Trinajstić information content (AvgIpc) is 3.01. The fourth-order valence-corrected chi connectivity index (χ4v) is 3.33. The van der Waals surface area contributed by atoms with Gasteiger partial charge in [0.05, 0.1) is 11.2 Å². The number of benzene rings is 1. The summed E-state index contributed by atoms with van der Waals surface area (Å²) in [4.78, 5) is 6.73. The molecule has 114 valence electrons. The highest BCUT2D eigenvalue weighted by Gasteiger charge is 2.19. The number of thiazole rings is 1. The largest absolute Gasteiger partial charge is 0.309 e. The van der Waals surface area contributed by atoms with Crippen LogP contribution in [0.25, 0.3) is 0 Å². The topological polar surface area (TPSA) is 28.2 Å². The lowest BCUT2D eigenvalue weighted by Crippen LogP contribution is -2.35. The van der Waals surface area contributed by atoms with Gasteiger partial charge < -0.3 is 5.32 Å². The summed E-state index contributed by atoms with van der Waals surface area (Å²) >= 11 is 8.02. The monoisotopic (exact) mass is 323 g/mol. The third-order valence-electron chi connectivity index (χ3n) is 3.64. The first kappa shape index (κ1) is 16.4. The Morgan fingerprint density at radius 3 is 2.67 bits per heavy atom. The predicted octanol–water partition coefficient (Wildman–Crippen LogP) is 3.97. The Morgan fingerprint density at radius 2 is 2.05 bits per heavy atom. The van der Waals surface area contributed by atoms with Gasteiger partial charge in [0.25, 0.3) is 0 Å². The van der Waals surface area contributed by atoms with E-state index < -0.39 is 0 Å². The van der Waals surface area contributed by atoms with Gasteiger partial charge in [-0.3, -0.25) is 4.90 Å². The molecule has 0 fully saturated rings. The van der Waals surface area contributed by atoms with Crippen LogP contribution in [0.3, 0.4) is 0 Å². The molecule has 0 saturated heterocycles. The summed E-state index contributed by atoms with van der Waals surface area (Å²) in [6.45, 7) is 8.05. The molecule has 0 aliphatic rings. The van der Waals surface area contributed by atoms with Gasteiger partial charge in [0.15, 0.2) is 0 Å². The van der Waals surface area contributed by atoms with Crippen molar-refractivity contribution >= 4 is 22.9 Å². The summed E-state index contributed by atoms with van der Waals surface area (Å²) in [6.07, 6.45) is 0. The van der Waals surface area contributed by atoms with E-state index in [1.54, 1.807) is 11.3 Å². The zero-order chi connectivity index (χ0) is 15.1. The van der Waals surface area contributed by atoms with Gasteiger partial charge in [-0.15, -0.1) is 11.3 Å². The average molecular weight is 324 g/mol. The van der Waals surface area contributed by atoms with Crippen molar-refractivity contribution in [3.8, 4) is 0 Å². The molecule has 3 nitrogen and oxygen atoms in total. The first-order chi connectivity index (χ1) is 10.3. The predicted molar refractivity (Wildman–Crippen MR) is 90.9 cm³/mol. The van der Waals surface area contributed by atoms with Gasteiger partial charge in [0.2, 0.25) is 0 Å². The minimum Gasteiger partial charge on any atom is -0.309 e. The highest BCUT2D eigenvalue weighted by Crippen LogP contribution is 2.27. The van der Waals surface area contributed by atoms with Crippen LogP contribution in [0.1, 0.15) is 31.1 Å². The molecule has 0 spiro atoms. The van der Waals surface area contributed by atoms with Crippen LogP contribution in [-0.2, 0) is 6.54 Å². The minimum absolute atomic E-state index is 0.285. The van der Waals surface area contributed by atoms with Crippen LogP contribution in [-0.4, -0.2) is 29.5 Å². The summed E-state index contributed by atoms with van der Waals surface area (Å²) in [5, 5.41) is 6.42. The second-order valence-electron chi connectivity index (χ2n) is 4.87. The van der Waals surface area contributed by atoms with Crippen LogP contribution in [0, 0.1) is 0 Å². The van der Waals surface area contributed by atoms with E-state index in [4.69, 9.17) is 11.6 Å². The highest BCUT2D eigenvalue weighted by atomic mass is 35.5. The fraction of sp³-hybridized carbons (Fsp3) is 0.438. The van der Waals surface area contributed by atoms with Crippen LogP contribution in [0.2, 0.25) is 5.02 Å². The smallest absolute Gasteiger partial charge is 0.0795 e. The zero-order valence-electron chi connectivity index (χ0n) is 12.6. The summed E-state index contributed by atoms with van der Waals surface area (Å²) in [7, 11) is 0. The summed E-state index contributed by atoms with van der Waals surface area (Å²) in [6, 6.07) is 8.41. The molecule has 0 saturated carbocycles. The molecular formula is C16H22ClN3S.